The lowest BCUT2D eigenvalue weighted by Crippen LogP contribution is -2.43. The molecule has 2 atom stereocenters. The van der Waals surface area contributed by atoms with Crippen molar-refractivity contribution in [3.05, 3.63) is 29.8 Å². The molecule has 1 rings (SSSR count). The van der Waals surface area contributed by atoms with Gasteiger partial charge < -0.3 is 19.9 Å². The molecule has 7 heteroatoms. The number of ether oxygens (including phenoxy) is 2. The Morgan fingerprint density at radius 1 is 1.09 bits per heavy atom. The molecule has 0 fully saturated rings. The average Bonchev–Trinajstić information content (AvgIpc) is 2.52. The number of hydrogen-bond acceptors (Lipinski definition) is 6. The number of carbonyl (C=O) groups excluding carboxylic acids is 3. The Balaban J connectivity index is 2.80. The minimum atomic E-state index is -0.972. The highest BCUT2D eigenvalue weighted by molar-refractivity contribution is 5.97. The van der Waals surface area contributed by atoms with Gasteiger partial charge in [-0.15, -0.1) is 0 Å². The summed E-state index contributed by atoms with van der Waals surface area (Å²) in [5.41, 5.74) is 0.275. The zero-order valence-corrected chi connectivity index (χ0v) is 12.7. The molecule has 1 aromatic carbocycles. The number of rotatable bonds is 6. The zero-order chi connectivity index (χ0) is 16.7. The summed E-state index contributed by atoms with van der Waals surface area (Å²) in [6, 6.07) is 4.59. The van der Waals surface area contributed by atoms with Crippen molar-refractivity contribution in [2.45, 2.75) is 19.4 Å². The number of benzene rings is 1. The average molecular weight is 309 g/mol. The first-order valence-electron chi connectivity index (χ1n) is 6.64. The van der Waals surface area contributed by atoms with Crippen molar-refractivity contribution >= 4 is 17.8 Å². The molecule has 0 radical (unpaired) electrons. The number of phenols is 1. The van der Waals surface area contributed by atoms with Crippen molar-refractivity contribution in [3.8, 4) is 5.75 Å². The summed E-state index contributed by atoms with van der Waals surface area (Å²) in [4.78, 5) is 35.3. The maximum absolute atomic E-state index is 12.1. The minimum absolute atomic E-state index is 0.0281. The van der Waals surface area contributed by atoms with Crippen LogP contribution in [0.15, 0.2) is 24.3 Å². The van der Waals surface area contributed by atoms with Gasteiger partial charge in [-0.2, -0.15) is 0 Å². The fourth-order valence-corrected chi connectivity index (χ4v) is 1.86. The quantitative estimate of drug-likeness (QED) is 0.756. The van der Waals surface area contributed by atoms with Gasteiger partial charge in [-0.1, -0.05) is 6.92 Å². The largest absolute Gasteiger partial charge is 0.508 e. The van der Waals surface area contributed by atoms with Gasteiger partial charge >= 0.3 is 11.9 Å². The summed E-state index contributed by atoms with van der Waals surface area (Å²) in [5.74, 6) is -2.18. The van der Waals surface area contributed by atoms with E-state index in [4.69, 9.17) is 0 Å². The predicted octanol–water partition coefficient (Wildman–Crippen LogP) is 0.863. The van der Waals surface area contributed by atoms with Crippen LogP contribution in [0.25, 0.3) is 0 Å². The van der Waals surface area contributed by atoms with E-state index in [2.05, 4.69) is 14.8 Å². The van der Waals surface area contributed by atoms with Crippen LogP contribution < -0.4 is 5.32 Å². The van der Waals surface area contributed by atoms with Gasteiger partial charge in [-0.05, 0) is 30.7 Å². The van der Waals surface area contributed by atoms with Crippen molar-refractivity contribution in [3.63, 3.8) is 0 Å². The fraction of sp³-hybridized carbons (Fsp3) is 0.400. The van der Waals surface area contributed by atoms with Crippen LogP contribution in [-0.4, -0.2) is 43.2 Å². The third-order valence-corrected chi connectivity index (χ3v) is 3.11. The van der Waals surface area contributed by atoms with E-state index in [0.717, 1.165) is 0 Å². The second-order valence-electron chi connectivity index (χ2n) is 4.76. The number of aromatic hydroxyl groups is 1. The summed E-state index contributed by atoms with van der Waals surface area (Å²) >= 11 is 0. The van der Waals surface area contributed by atoms with E-state index in [1.807, 2.05) is 0 Å². The molecule has 0 aromatic heterocycles. The Labute approximate surface area is 128 Å². The third kappa shape index (κ3) is 4.76. The van der Waals surface area contributed by atoms with E-state index in [1.165, 1.54) is 38.5 Å². The summed E-state index contributed by atoms with van der Waals surface area (Å²) in [5, 5.41) is 11.7. The molecule has 7 nitrogen and oxygen atoms in total. The molecule has 22 heavy (non-hydrogen) atoms. The smallest absolute Gasteiger partial charge is 0.328 e. The van der Waals surface area contributed by atoms with Gasteiger partial charge in [0.1, 0.15) is 11.8 Å². The van der Waals surface area contributed by atoms with Gasteiger partial charge in [0, 0.05) is 5.56 Å². The molecule has 1 amide bonds. The normalized spacial score (nSPS) is 12.9. The van der Waals surface area contributed by atoms with Crippen LogP contribution in [-0.2, 0) is 19.1 Å². The first-order chi connectivity index (χ1) is 10.4. The van der Waals surface area contributed by atoms with E-state index < -0.39 is 29.8 Å². The monoisotopic (exact) mass is 309 g/mol. The number of methoxy groups -OCH3 is 2. The SMILES string of the molecule is COC(=O)[C@H](C[C@H](C)C(=O)OC)NC(=O)c1ccc(O)cc1. The highest BCUT2D eigenvalue weighted by Gasteiger charge is 2.27. The van der Waals surface area contributed by atoms with E-state index in [1.54, 1.807) is 6.92 Å². The number of carbonyl (C=O) groups is 3. The third-order valence-electron chi connectivity index (χ3n) is 3.11. The molecule has 0 spiro atoms. The van der Waals surface area contributed by atoms with Crippen LogP contribution in [0.3, 0.4) is 0 Å². The lowest BCUT2D eigenvalue weighted by atomic mass is 10.0. The minimum Gasteiger partial charge on any atom is -0.508 e. The molecule has 1 aromatic rings. The molecule has 0 heterocycles. The van der Waals surface area contributed by atoms with Crippen molar-refractivity contribution in [1.29, 1.82) is 0 Å². The van der Waals surface area contributed by atoms with E-state index in [-0.39, 0.29) is 17.7 Å². The molecular formula is C15H19NO6. The number of amides is 1. The summed E-state index contributed by atoms with van der Waals surface area (Å²) in [6.07, 6.45) is 0.0587. The Bertz CT molecular complexity index is 539. The predicted molar refractivity (Wildman–Crippen MR) is 77.2 cm³/mol. The lowest BCUT2D eigenvalue weighted by Gasteiger charge is -2.19. The van der Waals surface area contributed by atoms with Crippen LogP contribution in [0.4, 0.5) is 0 Å². The van der Waals surface area contributed by atoms with Gasteiger partial charge in [0.05, 0.1) is 20.1 Å². The summed E-state index contributed by atoms with van der Waals surface area (Å²) in [7, 11) is 2.45. The first-order valence-corrected chi connectivity index (χ1v) is 6.64. The van der Waals surface area contributed by atoms with E-state index in [0.29, 0.717) is 0 Å². The van der Waals surface area contributed by atoms with Gasteiger partial charge in [0.25, 0.3) is 5.91 Å². The Morgan fingerprint density at radius 3 is 2.14 bits per heavy atom. The van der Waals surface area contributed by atoms with Crippen molar-refractivity contribution < 1.29 is 29.0 Å². The second kappa shape index (κ2) is 8.02. The van der Waals surface area contributed by atoms with Gasteiger partial charge in [0.15, 0.2) is 0 Å². The Hall–Kier alpha value is -2.57. The second-order valence-corrected chi connectivity index (χ2v) is 4.76. The van der Waals surface area contributed by atoms with Crippen molar-refractivity contribution in [2.75, 3.05) is 14.2 Å². The molecule has 0 unspecified atom stereocenters. The van der Waals surface area contributed by atoms with Crippen LogP contribution in [0.1, 0.15) is 23.7 Å². The lowest BCUT2D eigenvalue weighted by molar-refractivity contribution is -0.147. The van der Waals surface area contributed by atoms with Crippen molar-refractivity contribution in [2.24, 2.45) is 5.92 Å². The van der Waals surface area contributed by atoms with Crippen LogP contribution in [0.2, 0.25) is 0 Å². The standard InChI is InChI=1S/C15H19NO6/c1-9(14(19)21-2)8-12(15(20)22-3)16-13(18)10-4-6-11(17)7-5-10/h4-7,9,12,17H,8H2,1-3H3,(H,16,18)/t9-,12-/m0/s1. The number of phenolic OH excluding ortho intramolecular Hbond substituents is 1. The van der Waals surface area contributed by atoms with Gasteiger partial charge in [-0.3, -0.25) is 9.59 Å². The molecule has 0 aliphatic heterocycles. The van der Waals surface area contributed by atoms with Gasteiger partial charge in [-0.25, -0.2) is 4.79 Å². The molecule has 0 aliphatic carbocycles. The maximum Gasteiger partial charge on any atom is 0.328 e. The number of hydrogen-bond donors (Lipinski definition) is 2. The van der Waals surface area contributed by atoms with Gasteiger partial charge in [0.2, 0.25) is 0 Å². The molecule has 0 saturated carbocycles. The Kier molecular flexibility index (Phi) is 6.37. The molecule has 0 aliphatic rings. The van der Waals surface area contributed by atoms with Crippen molar-refractivity contribution in [1.82, 2.24) is 5.32 Å². The molecule has 120 valence electrons. The zero-order valence-electron chi connectivity index (χ0n) is 12.7. The molecular weight excluding hydrogens is 290 g/mol. The molecule has 0 bridgehead atoms. The molecule has 2 N–H and O–H groups in total. The van der Waals surface area contributed by atoms with Crippen LogP contribution >= 0.6 is 0 Å². The maximum atomic E-state index is 12.1. The fourth-order valence-electron chi connectivity index (χ4n) is 1.86. The first kappa shape index (κ1) is 17.5. The van der Waals surface area contributed by atoms with E-state index >= 15 is 0 Å². The highest BCUT2D eigenvalue weighted by atomic mass is 16.5. The Morgan fingerprint density at radius 2 is 1.64 bits per heavy atom. The topological polar surface area (TPSA) is 102 Å². The van der Waals surface area contributed by atoms with Crippen LogP contribution in [0, 0.1) is 5.92 Å². The highest BCUT2D eigenvalue weighted by Crippen LogP contribution is 2.12. The number of nitrogens with one attached hydrogen (secondary N) is 1. The summed E-state index contributed by atoms with van der Waals surface area (Å²) < 4.78 is 9.23. The number of esters is 2. The molecule has 0 saturated heterocycles. The van der Waals surface area contributed by atoms with E-state index in [9.17, 15) is 19.5 Å². The van der Waals surface area contributed by atoms with Crippen LogP contribution in [0.5, 0.6) is 5.75 Å². The summed E-state index contributed by atoms with van der Waals surface area (Å²) in [6.45, 7) is 1.59.